The molecule has 19 heteroatoms. The lowest BCUT2D eigenvalue weighted by Gasteiger charge is -2.48. The standard InChI is InChI=1S/C91H153NO18/c1-3-5-7-9-11-13-15-17-19-21-23-25-27-29-31-33-34-35-36-37-38-39-40-41-43-45-47-49-51-53-55-57-59-61-63-65-67-69-79(97)92-74(75(96)68-66-64-62-60-58-56-54-52-50-48-46-44-42-32-30-28-26-24-22-20-18-16-14-12-10-8-6-4-2)73-105-89-85(103)82(100)87(77(71-94)107-89)110-91-86(104)83(101)88(78(72-95)108-91)109-90-84(102)81(99)80(98)76(70-93)106-90/h5,7,11,13,17,19,23,25,29,31,34-35,37-38,40-41,45,47,51,53,58,60,66,68,74-78,80-91,93-96,98-104H,3-4,6,8-10,12,14-16,18,20-22,24,26-28,30,32-33,36,39,42-44,46,48-50,52,54-57,59,61-65,67,69-73H2,1-2H3,(H,92,97)/b7-5-,13-11-,19-17-,25-23-,31-29-,35-34-,38-37-,41-40-,47-45-,53-51-,60-58+,68-66+. The average Bonchev–Trinajstić information content (AvgIpc) is 0.784. The molecule has 0 saturated carbocycles. The Kier molecular flexibility index (Phi) is 62.7. The molecule has 3 saturated heterocycles. The third-order valence-electron chi connectivity index (χ3n) is 20.4. The van der Waals surface area contributed by atoms with Crippen molar-refractivity contribution in [3.05, 3.63) is 146 Å². The van der Waals surface area contributed by atoms with Crippen LogP contribution in [0.2, 0.25) is 0 Å². The zero-order chi connectivity index (χ0) is 79.5. The quantitative estimate of drug-likeness (QED) is 0.0199. The minimum Gasteiger partial charge on any atom is -0.394 e. The SMILES string of the molecule is CC/C=C\C/C=C\C/C=C\C/C=C\C/C=C\C/C=C\C/C=C\C/C=C\C/C=C\C/C=C\CCCCCCCCC(=O)NC(COC1OC(CO)C(OC2OC(CO)C(OC3OC(CO)C(O)C(O)C3O)C(O)C2O)C(O)C1O)C(O)/C=C/CC/C=C/CCCCCCCCCCCCCCCCCCCCCCCC. The number of unbranched alkanes of at least 4 members (excludes halogenated alkanes) is 29. The highest BCUT2D eigenvalue weighted by molar-refractivity contribution is 5.76. The van der Waals surface area contributed by atoms with Crippen molar-refractivity contribution in [2.24, 2.45) is 0 Å². The Labute approximate surface area is 663 Å². The fourth-order valence-electron chi connectivity index (χ4n) is 13.5. The van der Waals surface area contributed by atoms with Gasteiger partial charge in [0.2, 0.25) is 5.91 Å². The zero-order valence-electron chi connectivity index (χ0n) is 67.7. The molecule has 3 aliphatic heterocycles. The number of aliphatic hydroxyl groups is 11. The Bertz CT molecular complexity index is 2560. The van der Waals surface area contributed by atoms with E-state index in [1.165, 1.54) is 135 Å². The van der Waals surface area contributed by atoms with Gasteiger partial charge in [0.05, 0.1) is 38.6 Å². The molecule has 17 atom stereocenters. The van der Waals surface area contributed by atoms with Crippen LogP contribution in [0.15, 0.2) is 146 Å². The molecule has 110 heavy (non-hydrogen) atoms. The van der Waals surface area contributed by atoms with Crippen LogP contribution < -0.4 is 5.32 Å². The molecule has 17 unspecified atom stereocenters. The van der Waals surface area contributed by atoms with Gasteiger partial charge >= 0.3 is 0 Å². The minimum absolute atomic E-state index is 0.209. The van der Waals surface area contributed by atoms with Crippen LogP contribution in [0, 0.1) is 0 Å². The first kappa shape index (κ1) is 99.9. The van der Waals surface area contributed by atoms with Gasteiger partial charge in [-0.25, -0.2) is 0 Å². The number of allylic oxidation sites excluding steroid dienone is 23. The van der Waals surface area contributed by atoms with Gasteiger partial charge in [0, 0.05) is 6.42 Å². The second kappa shape index (κ2) is 69.0. The molecule has 0 aliphatic carbocycles. The van der Waals surface area contributed by atoms with E-state index in [1.807, 2.05) is 6.08 Å². The summed E-state index contributed by atoms with van der Waals surface area (Å²) >= 11 is 0. The molecule has 3 aliphatic rings. The minimum atomic E-state index is -1.99. The Morgan fingerprint density at radius 3 is 1.02 bits per heavy atom. The highest BCUT2D eigenvalue weighted by Gasteiger charge is 2.54. The van der Waals surface area contributed by atoms with Gasteiger partial charge in [-0.15, -0.1) is 0 Å². The summed E-state index contributed by atoms with van der Waals surface area (Å²) < 4.78 is 34.5. The summed E-state index contributed by atoms with van der Waals surface area (Å²) in [4.78, 5) is 13.5. The number of carbonyl (C=O) groups excluding carboxylic acids is 1. The number of ether oxygens (including phenoxy) is 6. The Hall–Kier alpha value is -4.33. The van der Waals surface area contributed by atoms with E-state index in [9.17, 15) is 61.0 Å². The second-order valence-electron chi connectivity index (χ2n) is 29.9. The lowest BCUT2D eigenvalue weighted by atomic mass is 9.96. The molecular formula is C91H153NO18. The van der Waals surface area contributed by atoms with E-state index < -0.39 is 124 Å². The maximum absolute atomic E-state index is 13.5. The third-order valence-corrected chi connectivity index (χ3v) is 20.4. The monoisotopic (exact) mass is 1550 g/mol. The molecule has 3 rings (SSSR count). The van der Waals surface area contributed by atoms with E-state index in [4.69, 9.17) is 28.4 Å². The van der Waals surface area contributed by atoms with Crippen LogP contribution in [0.5, 0.6) is 0 Å². The Morgan fingerprint density at radius 2 is 0.636 bits per heavy atom. The number of amides is 1. The van der Waals surface area contributed by atoms with Crippen LogP contribution in [0.4, 0.5) is 0 Å². The lowest BCUT2D eigenvalue weighted by molar-refractivity contribution is -0.379. The molecule has 3 heterocycles. The number of hydrogen-bond donors (Lipinski definition) is 12. The van der Waals surface area contributed by atoms with E-state index in [-0.39, 0.29) is 18.9 Å². The van der Waals surface area contributed by atoms with Crippen molar-refractivity contribution in [1.82, 2.24) is 5.32 Å². The topological polar surface area (TPSA) is 307 Å². The Balaban J connectivity index is 1.38. The van der Waals surface area contributed by atoms with Gasteiger partial charge in [0.1, 0.15) is 73.2 Å². The first-order valence-corrected chi connectivity index (χ1v) is 43.1. The summed E-state index contributed by atoms with van der Waals surface area (Å²) in [5.74, 6) is -0.303. The fourth-order valence-corrected chi connectivity index (χ4v) is 13.5. The van der Waals surface area contributed by atoms with E-state index >= 15 is 0 Å². The van der Waals surface area contributed by atoms with Crippen molar-refractivity contribution in [1.29, 1.82) is 0 Å². The highest BCUT2D eigenvalue weighted by atomic mass is 16.8. The van der Waals surface area contributed by atoms with Crippen LogP contribution in [0.25, 0.3) is 0 Å². The first-order chi connectivity index (χ1) is 53.8. The van der Waals surface area contributed by atoms with Gasteiger partial charge in [0.15, 0.2) is 18.9 Å². The smallest absolute Gasteiger partial charge is 0.220 e. The van der Waals surface area contributed by atoms with Crippen LogP contribution >= 0.6 is 0 Å². The summed E-state index contributed by atoms with van der Waals surface area (Å²) in [5, 5.41) is 121. The largest absolute Gasteiger partial charge is 0.394 e. The molecule has 0 aromatic carbocycles. The first-order valence-electron chi connectivity index (χ1n) is 43.1. The van der Waals surface area contributed by atoms with E-state index in [0.717, 1.165) is 122 Å². The van der Waals surface area contributed by atoms with E-state index in [1.54, 1.807) is 6.08 Å². The highest BCUT2D eigenvalue weighted by Crippen LogP contribution is 2.33. The summed E-state index contributed by atoms with van der Waals surface area (Å²) in [5.41, 5.74) is 0. The molecule has 3 fully saturated rings. The van der Waals surface area contributed by atoms with Gasteiger partial charge in [-0.05, 0) is 109 Å². The normalized spacial score (nSPS) is 25.9. The van der Waals surface area contributed by atoms with Crippen molar-refractivity contribution in [3.8, 4) is 0 Å². The molecule has 0 aromatic rings. The zero-order valence-corrected chi connectivity index (χ0v) is 67.7. The van der Waals surface area contributed by atoms with Crippen LogP contribution in [0.3, 0.4) is 0 Å². The lowest BCUT2D eigenvalue weighted by Crippen LogP contribution is -2.66. The second-order valence-corrected chi connectivity index (χ2v) is 29.9. The van der Waals surface area contributed by atoms with E-state index in [0.29, 0.717) is 12.8 Å². The number of hydrogen-bond acceptors (Lipinski definition) is 18. The van der Waals surface area contributed by atoms with Gasteiger partial charge in [0.25, 0.3) is 0 Å². The van der Waals surface area contributed by atoms with Crippen LogP contribution in [-0.2, 0) is 33.2 Å². The van der Waals surface area contributed by atoms with Gasteiger partial charge < -0.3 is 89.9 Å². The van der Waals surface area contributed by atoms with Crippen molar-refractivity contribution in [3.63, 3.8) is 0 Å². The Morgan fingerprint density at radius 1 is 0.336 bits per heavy atom. The van der Waals surface area contributed by atoms with Gasteiger partial charge in [-0.1, -0.05) is 320 Å². The van der Waals surface area contributed by atoms with Gasteiger partial charge in [-0.3, -0.25) is 4.79 Å². The average molecular weight is 1550 g/mol. The molecule has 0 aromatic heterocycles. The van der Waals surface area contributed by atoms with Gasteiger partial charge in [-0.2, -0.15) is 0 Å². The number of carbonyl (C=O) groups is 1. The van der Waals surface area contributed by atoms with Crippen LogP contribution in [0.1, 0.15) is 290 Å². The molecule has 12 N–H and O–H groups in total. The number of aliphatic hydroxyl groups excluding tert-OH is 11. The number of rotatable bonds is 67. The molecular weight excluding hydrogens is 1390 g/mol. The van der Waals surface area contributed by atoms with Crippen LogP contribution in [-0.4, -0.2) is 193 Å². The fraction of sp³-hybridized carbons (Fsp3) is 0.725. The molecule has 0 spiro atoms. The predicted octanol–water partition coefficient (Wildman–Crippen LogP) is 15.8. The van der Waals surface area contributed by atoms with E-state index in [2.05, 4.69) is 153 Å². The van der Waals surface area contributed by atoms with Crippen molar-refractivity contribution < 1.29 is 89.4 Å². The summed E-state index contributed by atoms with van der Waals surface area (Å²) in [7, 11) is 0. The van der Waals surface area contributed by atoms with Crippen molar-refractivity contribution in [2.75, 3.05) is 26.4 Å². The molecule has 1 amide bonds. The van der Waals surface area contributed by atoms with Crippen molar-refractivity contribution >= 4 is 5.91 Å². The third kappa shape index (κ3) is 47.5. The maximum atomic E-state index is 13.5. The molecule has 630 valence electrons. The predicted molar refractivity (Wildman–Crippen MR) is 442 cm³/mol. The molecule has 0 radical (unpaired) electrons. The summed E-state index contributed by atoms with van der Waals surface area (Å²) in [6, 6.07) is -1.01. The number of nitrogens with one attached hydrogen (secondary N) is 1. The molecule has 19 nitrogen and oxygen atoms in total. The van der Waals surface area contributed by atoms with Crippen molar-refractivity contribution in [2.45, 2.75) is 394 Å². The summed E-state index contributed by atoms with van der Waals surface area (Å²) in [6.07, 6.45) is 74.1. The molecule has 0 bridgehead atoms. The summed E-state index contributed by atoms with van der Waals surface area (Å²) in [6.45, 7) is 1.61. The maximum Gasteiger partial charge on any atom is 0.220 e.